The SMILES string of the molecule is CC(C)Oc1ccc(C(=O)N2CCC3(CC2)N[C@@H](C)Cn2c(C(F)(F)F)ccc23)cc1F. The van der Waals surface area contributed by atoms with Gasteiger partial charge in [0, 0.05) is 36.9 Å². The molecule has 2 aliphatic heterocycles. The molecule has 1 atom stereocenters. The van der Waals surface area contributed by atoms with Crippen molar-refractivity contribution in [3.05, 3.63) is 53.1 Å². The van der Waals surface area contributed by atoms with E-state index in [9.17, 15) is 22.4 Å². The molecule has 1 spiro atoms. The summed E-state index contributed by atoms with van der Waals surface area (Å²) in [7, 11) is 0. The Labute approximate surface area is 184 Å². The second kappa shape index (κ2) is 8.10. The minimum absolute atomic E-state index is 0.0933. The highest BCUT2D eigenvalue weighted by Crippen LogP contribution is 2.41. The third-order valence-electron chi connectivity index (χ3n) is 6.19. The van der Waals surface area contributed by atoms with Crippen molar-refractivity contribution >= 4 is 5.91 Å². The van der Waals surface area contributed by atoms with Crippen LogP contribution in [0.1, 0.15) is 55.4 Å². The van der Waals surface area contributed by atoms with Gasteiger partial charge in [-0.3, -0.25) is 4.79 Å². The quantitative estimate of drug-likeness (QED) is 0.694. The smallest absolute Gasteiger partial charge is 0.431 e. The van der Waals surface area contributed by atoms with Gasteiger partial charge in [-0.15, -0.1) is 0 Å². The van der Waals surface area contributed by atoms with Crippen molar-refractivity contribution in [3.63, 3.8) is 0 Å². The van der Waals surface area contributed by atoms with Gasteiger partial charge in [0.05, 0.1) is 11.6 Å². The monoisotopic (exact) mass is 453 g/mol. The van der Waals surface area contributed by atoms with E-state index >= 15 is 0 Å². The van der Waals surface area contributed by atoms with Crippen LogP contribution in [-0.4, -0.2) is 40.6 Å². The van der Waals surface area contributed by atoms with Gasteiger partial charge >= 0.3 is 6.18 Å². The highest BCUT2D eigenvalue weighted by atomic mass is 19.4. The zero-order chi connectivity index (χ0) is 23.3. The lowest BCUT2D eigenvalue weighted by Crippen LogP contribution is -2.59. The number of aromatic nitrogens is 1. The molecule has 2 aromatic rings. The van der Waals surface area contributed by atoms with Gasteiger partial charge in [0.15, 0.2) is 11.6 Å². The summed E-state index contributed by atoms with van der Waals surface area (Å²) in [6.45, 7) is 6.40. The Kier molecular flexibility index (Phi) is 5.73. The van der Waals surface area contributed by atoms with E-state index in [1.54, 1.807) is 24.8 Å². The van der Waals surface area contributed by atoms with Gasteiger partial charge in [0.25, 0.3) is 5.91 Å². The molecule has 0 saturated carbocycles. The Morgan fingerprint density at radius 2 is 1.88 bits per heavy atom. The van der Waals surface area contributed by atoms with E-state index in [1.807, 2.05) is 6.92 Å². The molecule has 4 rings (SSSR count). The van der Waals surface area contributed by atoms with E-state index < -0.39 is 23.2 Å². The molecule has 0 bridgehead atoms. The van der Waals surface area contributed by atoms with E-state index in [0.717, 1.165) is 6.07 Å². The molecule has 0 radical (unpaired) electrons. The summed E-state index contributed by atoms with van der Waals surface area (Å²) >= 11 is 0. The summed E-state index contributed by atoms with van der Waals surface area (Å²) in [4.78, 5) is 14.6. The zero-order valence-corrected chi connectivity index (χ0v) is 18.3. The summed E-state index contributed by atoms with van der Waals surface area (Å²) in [5, 5.41) is 3.48. The molecule has 9 heteroatoms. The number of nitrogens with one attached hydrogen (secondary N) is 1. The van der Waals surface area contributed by atoms with Gasteiger partial charge in [0.1, 0.15) is 5.69 Å². The van der Waals surface area contributed by atoms with E-state index in [-0.39, 0.29) is 35.9 Å². The van der Waals surface area contributed by atoms with Crippen LogP contribution in [0.5, 0.6) is 5.75 Å². The van der Waals surface area contributed by atoms with Crippen molar-refractivity contribution in [1.82, 2.24) is 14.8 Å². The fraction of sp³-hybridized carbons (Fsp3) is 0.522. The number of benzene rings is 1. The average Bonchev–Trinajstić information content (AvgIpc) is 3.14. The first kappa shape index (κ1) is 22.6. The van der Waals surface area contributed by atoms with E-state index in [2.05, 4.69) is 5.32 Å². The number of alkyl halides is 3. The Hall–Kier alpha value is -2.55. The van der Waals surface area contributed by atoms with Crippen molar-refractivity contribution in [3.8, 4) is 5.75 Å². The minimum atomic E-state index is -4.41. The van der Waals surface area contributed by atoms with Gasteiger partial charge in [-0.2, -0.15) is 13.2 Å². The highest BCUT2D eigenvalue weighted by molar-refractivity contribution is 5.94. The Morgan fingerprint density at radius 1 is 1.19 bits per heavy atom. The molecule has 3 heterocycles. The maximum absolute atomic E-state index is 14.3. The zero-order valence-electron chi connectivity index (χ0n) is 18.3. The number of hydrogen-bond acceptors (Lipinski definition) is 3. The second-order valence-electron chi connectivity index (χ2n) is 8.94. The summed E-state index contributed by atoms with van der Waals surface area (Å²) in [5.41, 5.74) is -0.436. The summed E-state index contributed by atoms with van der Waals surface area (Å²) in [6, 6.07) is 6.70. The minimum Gasteiger partial charge on any atom is -0.488 e. The van der Waals surface area contributed by atoms with Gasteiger partial charge in [-0.05, 0) is 63.9 Å². The van der Waals surface area contributed by atoms with Gasteiger partial charge in [-0.1, -0.05) is 0 Å². The Morgan fingerprint density at radius 3 is 2.47 bits per heavy atom. The first-order valence-electron chi connectivity index (χ1n) is 10.8. The normalized spacial score (nSPS) is 20.5. The molecule has 0 unspecified atom stereocenters. The molecule has 5 nitrogen and oxygen atoms in total. The molecule has 32 heavy (non-hydrogen) atoms. The van der Waals surface area contributed by atoms with Gasteiger partial charge < -0.3 is 19.5 Å². The van der Waals surface area contributed by atoms with E-state index in [0.29, 0.717) is 31.6 Å². The lowest BCUT2D eigenvalue weighted by molar-refractivity contribution is -0.144. The molecule has 1 N–H and O–H groups in total. The van der Waals surface area contributed by atoms with Crippen molar-refractivity contribution in [1.29, 1.82) is 0 Å². The number of halogens is 4. The third-order valence-corrected chi connectivity index (χ3v) is 6.19. The number of hydrogen-bond donors (Lipinski definition) is 1. The molecular weight excluding hydrogens is 426 g/mol. The van der Waals surface area contributed by atoms with Crippen LogP contribution in [0.15, 0.2) is 30.3 Å². The molecule has 1 aromatic carbocycles. The second-order valence-corrected chi connectivity index (χ2v) is 8.94. The number of piperidine rings is 1. The topological polar surface area (TPSA) is 46.5 Å². The predicted octanol–water partition coefficient (Wildman–Crippen LogP) is 4.56. The lowest BCUT2D eigenvalue weighted by atomic mass is 9.82. The first-order valence-corrected chi connectivity index (χ1v) is 10.8. The Bertz CT molecular complexity index is 1010. The number of ether oxygens (including phenoxy) is 1. The van der Waals surface area contributed by atoms with Gasteiger partial charge in [-0.25, -0.2) is 4.39 Å². The fourth-order valence-corrected chi connectivity index (χ4v) is 4.85. The van der Waals surface area contributed by atoms with Crippen LogP contribution < -0.4 is 10.1 Å². The lowest BCUT2D eigenvalue weighted by Gasteiger charge is -2.47. The maximum atomic E-state index is 14.3. The third kappa shape index (κ3) is 4.10. The van der Waals surface area contributed by atoms with Crippen LogP contribution in [0.2, 0.25) is 0 Å². The number of amides is 1. The highest BCUT2D eigenvalue weighted by Gasteiger charge is 2.46. The number of fused-ring (bicyclic) bond motifs is 2. The molecular formula is C23H27F4N3O2. The van der Waals surface area contributed by atoms with Crippen LogP contribution in [0.3, 0.4) is 0 Å². The molecule has 2 aliphatic rings. The molecule has 174 valence electrons. The summed E-state index contributed by atoms with van der Waals surface area (Å²) < 4.78 is 61.4. The summed E-state index contributed by atoms with van der Waals surface area (Å²) in [6.07, 6.45) is -3.66. The van der Waals surface area contributed by atoms with E-state index in [4.69, 9.17) is 4.74 Å². The number of carbonyl (C=O) groups excluding carboxylic acids is 1. The molecule has 1 aromatic heterocycles. The van der Waals surface area contributed by atoms with Crippen LogP contribution in [0.25, 0.3) is 0 Å². The van der Waals surface area contributed by atoms with Crippen molar-refractivity contribution in [2.75, 3.05) is 13.1 Å². The molecule has 1 saturated heterocycles. The van der Waals surface area contributed by atoms with E-state index in [1.165, 1.54) is 22.8 Å². The van der Waals surface area contributed by atoms with Crippen molar-refractivity contribution in [2.24, 2.45) is 0 Å². The van der Waals surface area contributed by atoms with Crippen molar-refractivity contribution < 1.29 is 27.1 Å². The largest absolute Gasteiger partial charge is 0.488 e. The van der Waals surface area contributed by atoms with Crippen LogP contribution >= 0.6 is 0 Å². The molecule has 1 fully saturated rings. The van der Waals surface area contributed by atoms with Crippen LogP contribution in [0, 0.1) is 5.82 Å². The number of carbonyl (C=O) groups is 1. The standard InChI is InChI=1S/C23H27F4N3O2/c1-14(2)32-18-5-4-16(12-17(18)24)21(31)29-10-8-22(9-11-29)19-6-7-20(23(25,26)27)30(19)13-15(3)28-22/h4-7,12,14-15,28H,8-11,13H2,1-3H3/t15-/m0/s1. The molecule has 0 aliphatic carbocycles. The average molecular weight is 453 g/mol. The molecule has 1 amide bonds. The van der Waals surface area contributed by atoms with Gasteiger partial charge in [0.2, 0.25) is 0 Å². The number of rotatable bonds is 3. The first-order chi connectivity index (χ1) is 15.0. The maximum Gasteiger partial charge on any atom is 0.431 e. The van der Waals surface area contributed by atoms with Crippen molar-refractivity contribution in [2.45, 2.75) is 64.0 Å². The number of nitrogens with zero attached hydrogens (tertiary/aromatic N) is 2. The summed E-state index contributed by atoms with van der Waals surface area (Å²) in [5.74, 6) is -0.806. The van der Waals surface area contributed by atoms with Crippen LogP contribution in [-0.2, 0) is 18.3 Å². The van der Waals surface area contributed by atoms with Crippen LogP contribution in [0.4, 0.5) is 17.6 Å². The number of likely N-dealkylation sites (tertiary alicyclic amines) is 1. The predicted molar refractivity (Wildman–Crippen MR) is 111 cm³/mol. The Balaban J connectivity index is 1.52. The fourth-order valence-electron chi connectivity index (χ4n) is 4.85.